The van der Waals surface area contributed by atoms with Crippen molar-refractivity contribution in [3.8, 4) is 0 Å². The summed E-state index contributed by atoms with van der Waals surface area (Å²) in [6, 6.07) is 16.9. The summed E-state index contributed by atoms with van der Waals surface area (Å²) in [4.78, 5) is 0. The van der Waals surface area contributed by atoms with Crippen molar-refractivity contribution in [1.82, 2.24) is 20.3 Å². The summed E-state index contributed by atoms with van der Waals surface area (Å²) >= 11 is 0. The number of hydrogen-bond acceptors (Lipinski definition) is 3. The molecule has 1 aliphatic carbocycles. The Morgan fingerprint density at radius 2 is 1.89 bits per heavy atom. The summed E-state index contributed by atoms with van der Waals surface area (Å²) in [5.74, 6) is 0.711. The van der Waals surface area contributed by atoms with Gasteiger partial charge in [0.1, 0.15) is 11.6 Å². The van der Waals surface area contributed by atoms with Crippen LogP contribution in [0.5, 0.6) is 0 Å². The molecule has 1 aliphatic rings. The van der Waals surface area contributed by atoms with E-state index in [-0.39, 0.29) is 6.04 Å². The van der Waals surface area contributed by atoms with Gasteiger partial charge >= 0.3 is 0 Å². The van der Waals surface area contributed by atoms with Gasteiger partial charge in [-0.15, -0.1) is 5.10 Å². The number of para-hydroxylation sites is 1. The molecule has 2 atom stereocenters. The van der Waals surface area contributed by atoms with Crippen LogP contribution >= 0.6 is 0 Å². The monoisotopic (exact) mass is 360 g/mol. The lowest BCUT2D eigenvalue weighted by Crippen LogP contribution is -2.27. The maximum absolute atomic E-state index is 4.51. The van der Waals surface area contributed by atoms with Gasteiger partial charge in [-0.2, -0.15) is 0 Å². The number of allylic oxidation sites excluding steroid dienone is 1. The molecule has 4 rings (SSSR count). The van der Waals surface area contributed by atoms with Gasteiger partial charge in [-0.05, 0) is 41.7 Å². The van der Waals surface area contributed by atoms with Crippen LogP contribution in [0.1, 0.15) is 56.7 Å². The summed E-state index contributed by atoms with van der Waals surface area (Å²) in [5, 5.41) is 12.7. The first-order valence-electron chi connectivity index (χ1n) is 10.2. The Morgan fingerprint density at radius 3 is 2.74 bits per heavy atom. The maximum atomic E-state index is 4.51. The lowest BCUT2D eigenvalue weighted by Gasteiger charge is -2.22. The molecule has 0 amide bonds. The quantitative estimate of drug-likeness (QED) is 0.602. The van der Waals surface area contributed by atoms with Crippen LogP contribution in [0.2, 0.25) is 0 Å². The SMILES string of the molecule is CCCCC(CC)CNC1=Cc2ccccc2C1n1nnc2ccccc21. The number of rotatable bonds is 8. The molecule has 27 heavy (non-hydrogen) atoms. The maximum Gasteiger partial charge on any atom is 0.119 e. The zero-order valence-electron chi connectivity index (χ0n) is 16.2. The minimum Gasteiger partial charge on any atom is -0.386 e. The molecule has 140 valence electrons. The second-order valence-corrected chi connectivity index (χ2v) is 7.45. The molecular formula is C23H28N4. The number of nitrogens with one attached hydrogen (secondary N) is 1. The molecular weight excluding hydrogens is 332 g/mol. The first kappa shape index (κ1) is 17.8. The van der Waals surface area contributed by atoms with Gasteiger partial charge in [0.2, 0.25) is 0 Å². The largest absolute Gasteiger partial charge is 0.386 e. The van der Waals surface area contributed by atoms with Crippen molar-refractivity contribution in [2.75, 3.05) is 6.54 Å². The van der Waals surface area contributed by atoms with E-state index in [1.165, 1.54) is 42.5 Å². The lowest BCUT2D eigenvalue weighted by molar-refractivity contribution is 0.425. The van der Waals surface area contributed by atoms with Gasteiger partial charge < -0.3 is 5.32 Å². The van der Waals surface area contributed by atoms with Crippen LogP contribution in [-0.2, 0) is 0 Å². The molecule has 1 heterocycles. The Kier molecular flexibility index (Phi) is 5.23. The van der Waals surface area contributed by atoms with Crippen LogP contribution in [0.4, 0.5) is 0 Å². The van der Waals surface area contributed by atoms with Crippen LogP contribution in [0.25, 0.3) is 17.1 Å². The molecule has 0 fully saturated rings. The topological polar surface area (TPSA) is 42.7 Å². The van der Waals surface area contributed by atoms with Crippen molar-refractivity contribution in [3.05, 3.63) is 65.4 Å². The van der Waals surface area contributed by atoms with E-state index >= 15 is 0 Å². The molecule has 0 bridgehead atoms. The normalized spacial score (nSPS) is 17.0. The first-order chi connectivity index (χ1) is 13.3. The van der Waals surface area contributed by atoms with Gasteiger partial charge in [0.05, 0.1) is 5.52 Å². The Labute approximate surface area is 161 Å². The van der Waals surface area contributed by atoms with Crippen molar-refractivity contribution >= 4 is 17.1 Å². The number of fused-ring (bicyclic) bond motifs is 2. The third-order valence-electron chi connectivity index (χ3n) is 5.66. The third kappa shape index (κ3) is 3.48. The van der Waals surface area contributed by atoms with E-state index in [9.17, 15) is 0 Å². The molecule has 4 nitrogen and oxygen atoms in total. The fourth-order valence-corrected chi connectivity index (χ4v) is 4.00. The first-order valence-corrected chi connectivity index (χ1v) is 10.2. The highest BCUT2D eigenvalue weighted by molar-refractivity contribution is 5.76. The number of unbranched alkanes of at least 4 members (excludes halogenated alkanes) is 1. The van der Waals surface area contributed by atoms with Crippen molar-refractivity contribution in [3.63, 3.8) is 0 Å². The summed E-state index contributed by atoms with van der Waals surface area (Å²) in [7, 11) is 0. The molecule has 1 N–H and O–H groups in total. The van der Waals surface area contributed by atoms with Gasteiger partial charge in [0.25, 0.3) is 0 Å². The van der Waals surface area contributed by atoms with Gasteiger partial charge in [-0.25, -0.2) is 4.68 Å². The zero-order chi connectivity index (χ0) is 18.6. The highest BCUT2D eigenvalue weighted by Crippen LogP contribution is 2.37. The van der Waals surface area contributed by atoms with Crippen molar-refractivity contribution in [1.29, 1.82) is 0 Å². The molecule has 0 radical (unpaired) electrons. The van der Waals surface area contributed by atoms with E-state index in [1.54, 1.807) is 0 Å². The van der Waals surface area contributed by atoms with Crippen LogP contribution in [0.15, 0.2) is 54.2 Å². The number of nitrogens with zero attached hydrogens (tertiary/aromatic N) is 3. The fraction of sp³-hybridized carbons (Fsp3) is 0.391. The Bertz CT molecular complexity index is 940. The average molecular weight is 361 g/mol. The molecule has 2 unspecified atom stereocenters. The number of hydrogen-bond donors (Lipinski definition) is 1. The number of aromatic nitrogens is 3. The van der Waals surface area contributed by atoms with Crippen molar-refractivity contribution in [2.24, 2.45) is 5.92 Å². The van der Waals surface area contributed by atoms with Gasteiger partial charge in [0.15, 0.2) is 0 Å². The van der Waals surface area contributed by atoms with Crippen molar-refractivity contribution < 1.29 is 0 Å². The minimum absolute atomic E-state index is 0.0669. The Morgan fingerprint density at radius 1 is 1.07 bits per heavy atom. The van der Waals surface area contributed by atoms with Crippen LogP contribution < -0.4 is 5.32 Å². The lowest BCUT2D eigenvalue weighted by atomic mass is 9.99. The highest BCUT2D eigenvalue weighted by Gasteiger charge is 2.29. The fourth-order valence-electron chi connectivity index (χ4n) is 4.00. The van der Waals surface area contributed by atoms with Gasteiger partial charge in [0, 0.05) is 12.2 Å². The van der Waals surface area contributed by atoms with Gasteiger partial charge in [-0.1, -0.05) is 74.7 Å². The highest BCUT2D eigenvalue weighted by atomic mass is 15.4. The summed E-state index contributed by atoms with van der Waals surface area (Å²) in [6.07, 6.45) is 7.35. The van der Waals surface area contributed by atoms with E-state index < -0.39 is 0 Å². The summed E-state index contributed by atoms with van der Waals surface area (Å²) in [6.45, 7) is 5.57. The number of benzene rings is 2. The van der Waals surface area contributed by atoms with Gasteiger partial charge in [-0.3, -0.25) is 0 Å². The van der Waals surface area contributed by atoms with Crippen LogP contribution in [0.3, 0.4) is 0 Å². The third-order valence-corrected chi connectivity index (χ3v) is 5.66. The standard InChI is InChI=1S/C23H28N4/c1-3-5-10-17(4-2)16-24-21-15-18-11-6-7-12-19(18)23(21)27-22-14-9-8-13-20(22)25-26-27/h6-9,11-15,17,23-24H,3-5,10,16H2,1-2H3. The van der Waals surface area contributed by atoms with E-state index in [4.69, 9.17) is 0 Å². The molecule has 1 aromatic heterocycles. The zero-order valence-corrected chi connectivity index (χ0v) is 16.2. The molecule has 0 spiro atoms. The van der Waals surface area contributed by atoms with Crippen LogP contribution in [-0.4, -0.2) is 21.5 Å². The van der Waals surface area contributed by atoms with E-state index in [1.807, 2.05) is 12.1 Å². The molecule has 0 aliphatic heterocycles. The molecule has 4 heteroatoms. The minimum atomic E-state index is 0.0669. The molecule has 2 aromatic carbocycles. The Balaban J connectivity index is 1.64. The Hall–Kier alpha value is -2.62. The second-order valence-electron chi connectivity index (χ2n) is 7.45. The predicted octanol–water partition coefficient (Wildman–Crippen LogP) is 5.18. The average Bonchev–Trinajstić information content (AvgIpc) is 3.29. The van der Waals surface area contributed by atoms with Crippen LogP contribution in [0, 0.1) is 5.92 Å². The van der Waals surface area contributed by atoms with E-state index in [2.05, 4.69) is 76.6 Å². The molecule has 0 saturated carbocycles. The summed E-state index contributed by atoms with van der Waals surface area (Å²) in [5.41, 5.74) is 5.80. The molecule has 3 aromatic rings. The second kappa shape index (κ2) is 7.95. The van der Waals surface area contributed by atoms with E-state index in [0.29, 0.717) is 5.92 Å². The van der Waals surface area contributed by atoms with Crippen molar-refractivity contribution in [2.45, 2.75) is 45.6 Å². The smallest absolute Gasteiger partial charge is 0.119 e. The van der Waals surface area contributed by atoms with E-state index in [0.717, 1.165) is 17.6 Å². The predicted molar refractivity (Wildman–Crippen MR) is 111 cm³/mol. The molecule has 0 saturated heterocycles. The summed E-state index contributed by atoms with van der Waals surface area (Å²) < 4.78 is 2.06.